The number of aliphatic hydroxyl groups is 1. The Labute approximate surface area is 88.8 Å². The molecule has 0 unspecified atom stereocenters. The molecule has 1 aliphatic carbocycles. The molecule has 15 heavy (non-hydrogen) atoms. The Morgan fingerprint density at radius 1 is 1.40 bits per heavy atom. The third-order valence-corrected chi connectivity index (χ3v) is 3.03. The van der Waals surface area contributed by atoms with E-state index >= 15 is 0 Å². The highest BCUT2D eigenvalue weighted by atomic mass is 16.6. The van der Waals surface area contributed by atoms with Gasteiger partial charge in [-0.15, -0.1) is 0 Å². The molecular formula is C10H17N3O2. The Morgan fingerprint density at radius 3 is 2.73 bits per heavy atom. The lowest BCUT2D eigenvalue weighted by atomic mass is 10.0. The van der Waals surface area contributed by atoms with Crippen LogP contribution in [0.4, 0.5) is 0 Å². The van der Waals surface area contributed by atoms with Gasteiger partial charge in [-0.3, -0.25) is 0 Å². The summed E-state index contributed by atoms with van der Waals surface area (Å²) in [6, 6.07) is 0. The van der Waals surface area contributed by atoms with Crippen molar-refractivity contribution >= 4 is 0 Å². The van der Waals surface area contributed by atoms with Crippen molar-refractivity contribution in [1.82, 2.24) is 15.6 Å². The van der Waals surface area contributed by atoms with E-state index in [-0.39, 0.29) is 0 Å². The van der Waals surface area contributed by atoms with Gasteiger partial charge in [0.05, 0.1) is 5.60 Å². The zero-order valence-electron chi connectivity index (χ0n) is 8.99. The monoisotopic (exact) mass is 211 g/mol. The van der Waals surface area contributed by atoms with Gasteiger partial charge in [0.25, 0.3) is 0 Å². The molecule has 5 nitrogen and oxygen atoms in total. The molecule has 0 saturated heterocycles. The first-order chi connectivity index (χ1) is 7.20. The number of nitrogens with zero attached hydrogens (tertiary/aromatic N) is 2. The third kappa shape index (κ3) is 2.54. The molecule has 2 N–H and O–H groups in total. The number of hydrogen-bond acceptors (Lipinski definition) is 5. The minimum absolute atomic E-state index is 0.509. The Kier molecular flexibility index (Phi) is 3.02. The summed E-state index contributed by atoms with van der Waals surface area (Å²) in [7, 11) is 0. The van der Waals surface area contributed by atoms with E-state index < -0.39 is 5.60 Å². The summed E-state index contributed by atoms with van der Waals surface area (Å²) in [5.74, 6) is 0. The van der Waals surface area contributed by atoms with Gasteiger partial charge in [-0.1, -0.05) is 23.2 Å². The van der Waals surface area contributed by atoms with Crippen molar-refractivity contribution in [3.63, 3.8) is 0 Å². The summed E-state index contributed by atoms with van der Waals surface area (Å²) in [5, 5.41) is 20.7. The van der Waals surface area contributed by atoms with E-state index in [1.807, 2.05) is 6.92 Å². The summed E-state index contributed by atoms with van der Waals surface area (Å²) in [6.07, 6.45) is 4.05. The van der Waals surface area contributed by atoms with Crippen molar-refractivity contribution in [2.45, 2.75) is 44.8 Å². The zero-order chi connectivity index (χ0) is 10.7. The molecule has 5 heteroatoms. The Balaban J connectivity index is 1.77. The second kappa shape index (κ2) is 4.28. The minimum atomic E-state index is -0.509. The first-order valence-electron chi connectivity index (χ1n) is 5.41. The van der Waals surface area contributed by atoms with Crippen molar-refractivity contribution in [2.24, 2.45) is 0 Å². The number of nitrogens with one attached hydrogen (secondary N) is 1. The summed E-state index contributed by atoms with van der Waals surface area (Å²) >= 11 is 0. The van der Waals surface area contributed by atoms with E-state index in [0.717, 1.165) is 37.1 Å². The summed E-state index contributed by atoms with van der Waals surface area (Å²) in [4.78, 5) is 0. The second-order valence-electron chi connectivity index (χ2n) is 4.33. The van der Waals surface area contributed by atoms with E-state index in [0.29, 0.717) is 13.1 Å². The Hall–Kier alpha value is -0.940. The molecule has 1 saturated carbocycles. The van der Waals surface area contributed by atoms with Crippen molar-refractivity contribution in [2.75, 3.05) is 6.54 Å². The molecule has 2 rings (SSSR count). The molecule has 1 heterocycles. The standard InChI is InChI=1S/C10H17N3O2/c1-8-9(13-15-12-8)6-11-7-10(14)4-2-3-5-10/h11,14H,2-7H2,1H3. The largest absolute Gasteiger partial charge is 0.389 e. The van der Waals surface area contributed by atoms with Gasteiger partial charge in [0.2, 0.25) is 0 Å². The smallest absolute Gasteiger partial charge is 0.121 e. The molecule has 1 aromatic rings. The van der Waals surface area contributed by atoms with Crippen LogP contribution in [0.15, 0.2) is 4.63 Å². The van der Waals surface area contributed by atoms with Gasteiger partial charge in [-0.05, 0) is 19.8 Å². The predicted molar refractivity (Wildman–Crippen MR) is 54.2 cm³/mol. The molecule has 84 valence electrons. The molecular weight excluding hydrogens is 194 g/mol. The number of hydrogen-bond donors (Lipinski definition) is 2. The van der Waals surface area contributed by atoms with Gasteiger partial charge in [-0.2, -0.15) is 0 Å². The van der Waals surface area contributed by atoms with Crippen molar-refractivity contribution in [3.05, 3.63) is 11.4 Å². The first-order valence-corrected chi connectivity index (χ1v) is 5.41. The number of aryl methyl sites for hydroxylation is 1. The molecule has 1 aromatic heterocycles. The molecule has 0 spiro atoms. The fraction of sp³-hybridized carbons (Fsp3) is 0.800. The van der Waals surface area contributed by atoms with Crippen LogP contribution in [0, 0.1) is 6.92 Å². The minimum Gasteiger partial charge on any atom is -0.389 e. The zero-order valence-corrected chi connectivity index (χ0v) is 8.99. The van der Waals surface area contributed by atoms with Gasteiger partial charge in [0, 0.05) is 13.1 Å². The van der Waals surface area contributed by atoms with Crippen LogP contribution < -0.4 is 5.32 Å². The van der Waals surface area contributed by atoms with Crippen molar-refractivity contribution < 1.29 is 9.74 Å². The molecule has 0 aliphatic heterocycles. The molecule has 0 amide bonds. The molecule has 0 aromatic carbocycles. The molecule has 1 aliphatic rings. The topological polar surface area (TPSA) is 71.2 Å². The number of aromatic nitrogens is 2. The van der Waals surface area contributed by atoms with Crippen LogP contribution in [0.2, 0.25) is 0 Å². The highest BCUT2D eigenvalue weighted by Crippen LogP contribution is 2.28. The van der Waals surface area contributed by atoms with E-state index in [4.69, 9.17) is 0 Å². The normalized spacial score (nSPS) is 19.6. The van der Waals surface area contributed by atoms with Gasteiger partial charge in [-0.25, -0.2) is 4.63 Å². The predicted octanol–water partition coefficient (Wildman–Crippen LogP) is 0.773. The lowest BCUT2D eigenvalue weighted by Crippen LogP contribution is -2.37. The van der Waals surface area contributed by atoms with Crippen LogP contribution in [-0.2, 0) is 6.54 Å². The second-order valence-corrected chi connectivity index (χ2v) is 4.33. The summed E-state index contributed by atoms with van der Waals surface area (Å²) in [6.45, 7) is 3.09. The summed E-state index contributed by atoms with van der Waals surface area (Å²) in [5.41, 5.74) is 1.11. The maximum Gasteiger partial charge on any atom is 0.121 e. The van der Waals surface area contributed by atoms with E-state index in [1.54, 1.807) is 0 Å². The molecule has 0 bridgehead atoms. The quantitative estimate of drug-likeness (QED) is 0.769. The van der Waals surface area contributed by atoms with Crippen LogP contribution in [0.5, 0.6) is 0 Å². The Bertz CT molecular complexity index is 318. The van der Waals surface area contributed by atoms with Crippen LogP contribution in [0.1, 0.15) is 37.1 Å². The average molecular weight is 211 g/mol. The van der Waals surface area contributed by atoms with Gasteiger partial charge in [0.1, 0.15) is 11.4 Å². The maximum absolute atomic E-state index is 10.1. The van der Waals surface area contributed by atoms with Crippen molar-refractivity contribution in [3.8, 4) is 0 Å². The lowest BCUT2D eigenvalue weighted by Gasteiger charge is -2.21. The fourth-order valence-electron chi connectivity index (χ4n) is 2.03. The molecule has 0 atom stereocenters. The number of rotatable bonds is 4. The van der Waals surface area contributed by atoms with Crippen molar-refractivity contribution in [1.29, 1.82) is 0 Å². The Morgan fingerprint density at radius 2 is 2.13 bits per heavy atom. The SMILES string of the molecule is Cc1nonc1CNCC1(O)CCCC1. The van der Waals surface area contributed by atoms with Crippen LogP contribution >= 0.6 is 0 Å². The van der Waals surface area contributed by atoms with E-state index in [1.165, 1.54) is 0 Å². The lowest BCUT2D eigenvalue weighted by molar-refractivity contribution is 0.0473. The van der Waals surface area contributed by atoms with E-state index in [2.05, 4.69) is 20.3 Å². The first kappa shape index (κ1) is 10.6. The summed E-state index contributed by atoms with van der Waals surface area (Å²) < 4.78 is 4.59. The molecule has 0 radical (unpaired) electrons. The third-order valence-electron chi connectivity index (χ3n) is 3.03. The van der Waals surface area contributed by atoms with Crippen LogP contribution in [-0.4, -0.2) is 27.6 Å². The maximum atomic E-state index is 10.1. The van der Waals surface area contributed by atoms with Gasteiger partial charge >= 0.3 is 0 Å². The highest BCUT2D eigenvalue weighted by Gasteiger charge is 2.30. The van der Waals surface area contributed by atoms with Gasteiger partial charge in [0.15, 0.2) is 0 Å². The van der Waals surface area contributed by atoms with Crippen LogP contribution in [0.3, 0.4) is 0 Å². The fourth-order valence-corrected chi connectivity index (χ4v) is 2.03. The van der Waals surface area contributed by atoms with E-state index in [9.17, 15) is 5.11 Å². The average Bonchev–Trinajstić information content (AvgIpc) is 2.78. The van der Waals surface area contributed by atoms with Gasteiger partial charge < -0.3 is 10.4 Å². The molecule has 1 fully saturated rings. The highest BCUT2D eigenvalue weighted by molar-refractivity contribution is 5.04. The van der Waals surface area contributed by atoms with Crippen LogP contribution in [0.25, 0.3) is 0 Å².